The summed E-state index contributed by atoms with van der Waals surface area (Å²) < 4.78 is 5.99. The van der Waals surface area contributed by atoms with Gasteiger partial charge in [0.15, 0.2) is 0 Å². The van der Waals surface area contributed by atoms with Crippen LogP contribution in [0.4, 0.5) is 0 Å². The molecule has 2 rings (SSSR count). The van der Waals surface area contributed by atoms with E-state index in [1.807, 2.05) is 0 Å². The zero-order chi connectivity index (χ0) is 15.8. The second kappa shape index (κ2) is 9.89. The van der Waals surface area contributed by atoms with Gasteiger partial charge in [0.25, 0.3) is 0 Å². The molecule has 2 aliphatic rings. The van der Waals surface area contributed by atoms with Gasteiger partial charge in [-0.1, -0.05) is 20.8 Å². The van der Waals surface area contributed by atoms with Crippen molar-refractivity contribution in [2.24, 2.45) is 17.8 Å². The summed E-state index contributed by atoms with van der Waals surface area (Å²) in [4.78, 5) is 5.21. The molecule has 2 aliphatic heterocycles. The second-order valence-electron chi connectivity index (χ2n) is 7.78. The normalized spacial score (nSPS) is 23.5. The van der Waals surface area contributed by atoms with Crippen LogP contribution in [-0.4, -0.2) is 62.3 Å². The molecule has 22 heavy (non-hydrogen) atoms. The summed E-state index contributed by atoms with van der Waals surface area (Å²) in [6, 6.07) is 0. The van der Waals surface area contributed by atoms with Crippen molar-refractivity contribution in [2.75, 3.05) is 52.5 Å². The third kappa shape index (κ3) is 6.17. The van der Waals surface area contributed by atoms with Crippen LogP contribution in [0.25, 0.3) is 0 Å². The molecule has 0 radical (unpaired) electrons. The van der Waals surface area contributed by atoms with Gasteiger partial charge in [-0.2, -0.15) is 0 Å². The average molecular weight is 311 g/mol. The fourth-order valence-electron chi connectivity index (χ4n) is 3.98. The standard InChI is InChI=1S/C19H38N2O/c1-4-9-20-10-5-18(6-11-20)16-22-15-14-21-12-7-19(8-13-21)17(2)3/h17-19H,4-16H2,1-3H3. The molecule has 2 saturated heterocycles. The number of rotatable bonds is 8. The Morgan fingerprint density at radius 1 is 0.909 bits per heavy atom. The summed E-state index contributed by atoms with van der Waals surface area (Å²) in [5, 5.41) is 0. The predicted molar refractivity (Wildman–Crippen MR) is 94.3 cm³/mol. The molecule has 3 nitrogen and oxygen atoms in total. The van der Waals surface area contributed by atoms with Crippen LogP contribution in [0.5, 0.6) is 0 Å². The van der Waals surface area contributed by atoms with Crippen LogP contribution in [0.3, 0.4) is 0 Å². The molecule has 0 aromatic carbocycles. The molecular formula is C19H38N2O. The van der Waals surface area contributed by atoms with E-state index in [2.05, 4.69) is 30.6 Å². The minimum Gasteiger partial charge on any atom is -0.380 e. The lowest BCUT2D eigenvalue weighted by atomic mass is 9.87. The van der Waals surface area contributed by atoms with Crippen molar-refractivity contribution in [2.45, 2.75) is 52.9 Å². The Morgan fingerprint density at radius 3 is 2.09 bits per heavy atom. The van der Waals surface area contributed by atoms with Crippen molar-refractivity contribution in [3.05, 3.63) is 0 Å². The van der Waals surface area contributed by atoms with E-state index in [1.165, 1.54) is 64.8 Å². The second-order valence-corrected chi connectivity index (χ2v) is 7.78. The lowest BCUT2D eigenvalue weighted by Gasteiger charge is -2.34. The van der Waals surface area contributed by atoms with Crippen LogP contribution in [0.15, 0.2) is 0 Å². The molecule has 0 bridgehead atoms. The lowest BCUT2D eigenvalue weighted by molar-refractivity contribution is 0.0456. The molecule has 0 aromatic rings. The quantitative estimate of drug-likeness (QED) is 0.638. The maximum atomic E-state index is 5.99. The number of hydrogen-bond donors (Lipinski definition) is 0. The van der Waals surface area contributed by atoms with E-state index in [0.29, 0.717) is 0 Å². The number of likely N-dealkylation sites (tertiary alicyclic amines) is 2. The highest BCUT2D eigenvalue weighted by atomic mass is 16.5. The van der Waals surface area contributed by atoms with E-state index >= 15 is 0 Å². The monoisotopic (exact) mass is 310 g/mol. The Hall–Kier alpha value is -0.120. The Labute approximate surface area is 138 Å². The predicted octanol–water partition coefficient (Wildman–Crippen LogP) is 3.49. The number of hydrogen-bond acceptors (Lipinski definition) is 3. The van der Waals surface area contributed by atoms with Crippen LogP contribution in [0.1, 0.15) is 52.9 Å². The van der Waals surface area contributed by atoms with Gasteiger partial charge in [0, 0.05) is 13.2 Å². The SMILES string of the molecule is CCCN1CCC(COCCN2CCC(C(C)C)CC2)CC1. The maximum absolute atomic E-state index is 5.99. The first-order chi connectivity index (χ1) is 10.7. The van der Waals surface area contributed by atoms with Crippen LogP contribution in [-0.2, 0) is 4.74 Å². The fourth-order valence-corrected chi connectivity index (χ4v) is 3.98. The van der Waals surface area contributed by atoms with Crippen LogP contribution < -0.4 is 0 Å². The van der Waals surface area contributed by atoms with Crippen LogP contribution in [0.2, 0.25) is 0 Å². The molecule has 2 fully saturated rings. The molecule has 0 amide bonds. The molecule has 0 N–H and O–H groups in total. The van der Waals surface area contributed by atoms with E-state index in [0.717, 1.165) is 37.5 Å². The van der Waals surface area contributed by atoms with Gasteiger partial charge < -0.3 is 14.5 Å². The highest BCUT2D eigenvalue weighted by Crippen LogP contribution is 2.24. The minimum atomic E-state index is 0.805. The average Bonchev–Trinajstić information content (AvgIpc) is 2.54. The summed E-state index contributed by atoms with van der Waals surface area (Å²) in [6.07, 6.45) is 6.72. The van der Waals surface area contributed by atoms with E-state index in [-0.39, 0.29) is 0 Å². The van der Waals surface area contributed by atoms with Gasteiger partial charge in [-0.15, -0.1) is 0 Å². The Kier molecular flexibility index (Phi) is 8.19. The molecule has 0 spiro atoms. The maximum Gasteiger partial charge on any atom is 0.0593 e. The topological polar surface area (TPSA) is 15.7 Å². The van der Waals surface area contributed by atoms with Gasteiger partial charge in [0.2, 0.25) is 0 Å². The summed E-state index contributed by atoms with van der Waals surface area (Å²) >= 11 is 0. The van der Waals surface area contributed by atoms with Gasteiger partial charge in [0.05, 0.1) is 6.61 Å². The molecule has 0 aliphatic carbocycles. The molecule has 0 saturated carbocycles. The Bertz CT molecular complexity index is 279. The van der Waals surface area contributed by atoms with Crippen molar-refractivity contribution in [3.63, 3.8) is 0 Å². The first-order valence-corrected chi connectivity index (χ1v) is 9.71. The number of piperidine rings is 2. The van der Waals surface area contributed by atoms with Gasteiger partial charge in [-0.25, -0.2) is 0 Å². The van der Waals surface area contributed by atoms with Crippen molar-refractivity contribution >= 4 is 0 Å². The first kappa shape index (κ1) is 18.2. The van der Waals surface area contributed by atoms with Crippen LogP contribution in [0, 0.1) is 17.8 Å². The summed E-state index contributed by atoms with van der Waals surface area (Å²) in [6.45, 7) is 16.5. The molecule has 0 unspecified atom stereocenters. The largest absolute Gasteiger partial charge is 0.380 e. The zero-order valence-electron chi connectivity index (χ0n) is 15.2. The zero-order valence-corrected chi connectivity index (χ0v) is 15.2. The third-order valence-electron chi connectivity index (χ3n) is 5.73. The van der Waals surface area contributed by atoms with Gasteiger partial charge in [-0.05, 0) is 82.6 Å². The van der Waals surface area contributed by atoms with Crippen molar-refractivity contribution < 1.29 is 4.74 Å². The highest BCUT2D eigenvalue weighted by Gasteiger charge is 2.21. The molecule has 0 atom stereocenters. The Morgan fingerprint density at radius 2 is 1.50 bits per heavy atom. The fraction of sp³-hybridized carbons (Fsp3) is 1.00. The van der Waals surface area contributed by atoms with Crippen molar-refractivity contribution in [1.29, 1.82) is 0 Å². The molecule has 0 aromatic heterocycles. The number of ether oxygens (including phenoxy) is 1. The smallest absolute Gasteiger partial charge is 0.0593 e. The highest BCUT2D eigenvalue weighted by molar-refractivity contribution is 4.74. The molecule has 130 valence electrons. The Balaban J connectivity index is 1.48. The summed E-state index contributed by atoms with van der Waals surface area (Å²) in [5.41, 5.74) is 0. The van der Waals surface area contributed by atoms with E-state index in [9.17, 15) is 0 Å². The molecule has 2 heterocycles. The lowest BCUT2D eigenvalue weighted by Crippen LogP contribution is -2.38. The van der Waals surface area contributed by atoms with Gasteiger partial charge in [-0.3, -0.25) is 0 Å². The van der Waals surface area contributed by atoms with Gasteiger partial charge >= 0.3 is 0 Å². The summed E-state index contributed by atoms with van der Waals surface area (Å²) in [5.74, 6) is 2.61. The minimum absolute atomic E-state index is 0.805. The van der Waals surface area contributed by atoms with E-state index < -0.39 is 0 Å². The number of nitrogens with zero attached hydrogens (tertiary/aromatic N) is 2. The van der Waals surface area contributed by atoms with Crippen molar-refractivity contribution in [3.8, 4) is 0 Å². The molecular weight excluding hydrogens is 272 g/mol. The third-order valence-corrected chi connectivity index (χ3v) is 5.73. The first-order valence-electron chi connectivity index (χ1n) is 9.71. The van der Waals surface area contributed by atoms with Crippen molar-refractivity contribution in [1.82, 2.24) is 9.80 Å². The molecule has 3 heteroatoms. The van der Waals surface area contributed by atoms with E-state index in [4.69, 9.17) is 4.74 Å². The summed E-state index contributed by atoms with van der Waals surface area (Å²) in [7, 11) is 0. The van der Waals surface area contributed by atoms with E-state index in [1.54, 1.807) is 0 Å². The van der Waals surface area contributed by atoms with Crippen LogP contribution >= 0.6 is 0 Å². The van der Waals surface area contributed by atoms with Gasteiger partial charge in [0.1, 0.15) is 0 Å².